The number of nitriles is 3. The van der Waals surface area contributed by atoms with E-state index in [0.29, 0.717) is 0 Å². The molecule has 0 aliphatic heterocycles. The Morgan fingerprint density at radius 1 is 1.00 bits per heavy atom. The maximum absolute atomic E-state index is 7.83. The Morgan fingerprint density at radius 2 is 1.50 bits per heavy atom. The van der Waals surface area contributed by atoms with Crippen LogP contribution in [0, 0.1) is 39.9 Å². The van der Waals surface area contributed by atoms with Crippen molar-refractivity contribution in [1.82, 2.24) is 0 Å². The quantitative estimate of drug-likeness (QED) is 0.527. The van der Waals surface area contributed by atoms with Crippen LogP contribution in [0.5, 0.6) is 0 Å². The van der Waals surface area contributed by atoms with Gasteiger partial charge in [0.25, 0.3) is 0 Å². The van der Waals surface area contributed by atoms with Gasteiger partial charge in [0.05, 0.1) is 18.2 Å². The molecule has 0 amide bonds. The molecule has 1 atom stereocenters. The summed E-state index contributed by atoms with van der Waals surface area (Å²) in [5, 5.41) is 23.5. The minimum absolute atomic E-state index is 1.10. The van der Waals surface area contributed by atoms with Gasteiger partial charge in [0.1, 0.15) is 0 Å². The van der Waals surface area contributed by atoms with Crippen molar-refractivity contribution in [3.05, 3.63) is 0 Å². The van der Waals surface area contributed by atoms with Gasteiger partial charge in [0, 0.05) is 0 Å². The lowest BCUT2D eigenvalue weighted by Gasteiger charge is -1.90. The molecule has 3 nitrogen and oxygen atoms in total. The zero-order valence-electron chi connectivity index (χ0n) is 8.53. The van der Waals surface area contributed by atoms with Gasteiger partial charge in [-0.25, -0.2) is 0 Å². The molecule has 76 valence electrons. The van der Waals surface area contributed by atoms with Crippen LogP contribution in [0.3, 0.4) is 0 Å². The number of rotatable bonds is 4. The molecule has 0 aliphatic rings. The summed E-state index contributed by atoms with van der Waals surface area (Å²) in [7, 11) is 2.75. The normalized spacial score (nSPS) is 7.71. The van der Waals surface area contributed by atoms with Gasteiger partial charge in [0.15, 0.2) is 0 Å². The molecular weight excluding hydrogens is 193 g/mol. The molecule has 0 bridgehead atoms. The van der Waals surface area contributed by atoms with Crippen LogP contribution in [0.1, 0.15) is 32.6 Å². The summed E-state index contributed by atoms with van der Waals surface area (Å²) in [5.74, 6) is -1.10. The van der Waals surface area contributed by atoms with Crippen LogP contribution in [0.2, 0.25) is 0 Å². The van der Waals surface area contributed by atoms with Crippen molar-refractivity contribution >= 4 is 9.24 Å². The van der Waals surface area contributed by atoms with Crippen LogP contribution >= 0.6 is 9.24 Å². The van der Waals surface area contributed by atoms with E-state index >= 15 is 0 Å². The van der Waals surface area contributed by atoms with Crippen molar-refractivity contribution in [1.29, 1.82) is 15.8 Å². The van der Waals surface area contributed by atoms with E-state index in [-0.39, 0.29) is 0 Å². The summed E-state index contributed by atoms with van der Waals surface area (Å²) in [6.45, 7) is 2.24. The number of hydrogen-bond donors (Lipinski definition) is 0. The van der Waals surface area contributed by atoms with Gasteiger partial charge in [-0.1, -0.05) is 26.2 Å². The van der Waals surface area contributed by atoms with Gasteiger partial charge in [-0.3, -0.25) is 0 Å². The first-order chi connectivity index (χ1) is 6.76. The number of unbranched alkanes of at least 4 members (excludes halogenated alkanes) is 3. The Morgan fingerprint density at radius 3 is 1.71 bits per heavy atom. The first kappa shape index (κ1) is 15.4. The van der Waals surface area contributed by atoms with Crippen molar-refractivity contribution < 1.29 is 0 Å². The highest BCUT2D eigenvalue weighted by Gasteiger charge is 1.97. The Kier molecular flexibility index (Phi) is 15.8. The predicted molar refractivity (Wildman–Crippen MR) is 59.0 cm³/mol. The molecule has 0 aromatic heterocycles. The summed E-state index contributed by atoms with van der Waals surface area (Å²) in [5.41, 5.74) is 0. The topological polar surface area (TPSA) is 71.4 Å². The fraction of sp³-hybridized carbons (Fsp3) is 0.700. The highest BCUT2D eigenvalue weighted by molar-refractivity contribution is 7.16. The lowest BCUT2D eigenvalue weighted by atomic mass is 10.2. The minimum atomic E-state index is -1.10. The summed E-state index contributed by atoms with van der Waals surface area (Å²) < 4.78 is 0. The largest absolute Gasteiger partial charge is 0.218 e. The van der Waals surface area contributed by atoms with Crippen LogP contribution in [0.4, 0.5) is 0 Å². The fourth-order valence-corrected chi connectivity index (χ4v) is 0.946. The summed E-state index contributed by atoms with van der Waals surface area (Å²) >= 11 is 0. The van der Waals surface area contributed by atoms with Gasteiger partial charge < -0.3 is 0 Å². The second-order valence-electron chi connectivity index (χ2n) is 2.67. The van der Waals surface area contributed by atoms with Gasteiger partial charge in [-0.05, 0) is 12.6 Å². The molecule has 0 heterocycles. The molecule has 14 heavy (non-hydrogen) atoms. The minimum Gasteiger partial charge on any atom is -0.196 e. The lowest BCUT2D eigenvalue weighted by Crippen LogP contribution is -1.82. The summed E-state index contributed by atoms with van der Waals surface area (Å²) in [4.78, 5) is 0. The van der Waals surface area contributed by atoms with Crippen LogP contribution < -0.4 is 0 Å². The van der Waals surface area contributed by atoms with Crippen LogP contribution in [0.15, 0.2) is 0 Å². The van der Waals surface area contributed by atoms with Crippen molar-refractivity contribution in [3.63, 3.8) is 0 Å². The molecule has 0 aromatic carbocycles. The standard InChI is InChI=1S/C6H15P.C4HN3/c1-2-3-4-5-6-7;5-1-4(2-6)3-7/h2-7H2,1H3;4H. The van der Waals surface area contributed by atoms with Crippen molar-refractivity contribution in [2.45, 2.75) is 32.6 Å². The molecule has 0 radical (unpaired) electrons. The van der Waals surface area contributed by atoms with E-state index < -0.39 is 5.92 Å². The molecule has 0 saturated heterocycles. The molecule has 0 rings (SSSR count). The third-order valence-electron chi connectivity index (χ3n) is 1.44. The van der Waals surface area contributed by atoms with E-state index in [1.807, 2.05) is 0 Å². The molecule has 0 spiro atoms. The maximum atomic E-state index is 7.83. The average molecular weight is 209 g/mol. The number of hydrogen-bond acceptors (Lipinski definition) is 3. The molecule has 1 unspecified atom stereocenters. The Balaban J connectivity index is 0. The molecule has 0 aromatic rings. The third-order valence-corrected chi connectivity index (χ3v) is 1.85. The first-order valence-corrected chi connectivity index (χ1v) is 5.47. The SMILES string of the molecule is CCCCCCP.N#CC(C#N)C#N. The Hall–Kier alpha value is -1.10. The highest BCUT2D eigenvalue weighted by atomic mass is 31.0. The van der Waals surface area contributed by atoms with Gasteiger partial charge in [-0.2, -0.15) is 15.8 Å². The molecule has 0 fully saturated rings. The van der Waals surface area contributed by atoms with Crippen LogP contribution in [-0.2, 0) is 0 Å². The monoisotopic (exact) mass is 209 g/mol. The van der Waals surface area contributed by atoms with Gasteiger partial charge >= 0.3 is 0 Å². The van der Waals surface area contributed by atoms with E-state index in [0.717, 1.165) is 0 Å². The zero-order valence-corrected chi connectivity index (χ0v) is 9.69. The molecule has 4 heteroatoms. The first-order valence-electron chi connectivity index (χ1n) is 4.65. The Bertz CT molecular complexity index is 194. The van der Waals surface area contributed by atoms with Crippen molar-refractivity contribution in [2.24, 2.45) is 5.92 Å². The number of nitrogens with zero attached hydrogens (tertiary/aromatic N) is 3. The van der Waals surface area contributed by atoms with Crippen LogP contribution in [-0.4, -0.2) is 6.16 Å². The van der Waals surface area contributed by atoms with E-state index in [4.69, 9.17) is 15.8 Å². The molecule has 0 N–H and O–H groups in total. The maximum Gasteiger partial charge on any atom is 0.218 e. The second-order valence-corrected chi connectivity index (χ2v) is 3.25. The zero-order chi connectivity index (χ0) is 11.2. The molecule has 0 saturated carbocycles. The lowest BCUT2D eigenvalue weighted by molar-refractivity contribution is 0.706. The van der Waals surface area contributed by atoms with Crippen molar-refractivity contribution in [3.8, 4) is 18.2 Å². The fourth-order valence-electron chi connectivity index (χ4n) is 0.658. The predicted octanol–water partition coefficient (Wildman–Crippen LogP) is 2.62. The second kappa shape index (κ2) is 14.4. The highest BCUT2D eigenvalue weighted by Crippen LogP contribution is 2.00. The van der Waals surface area contributed by atoms with E-state index in [1.54, 1.807) is 0 Å². The van der Waals surface area contributed by atoms with Crippen molar-refractivity contribution in [2.75, 3.05) is 6.16 Å². The summed E-state index contributed by atoms with van der Waals surface area (Å²) in [6, 6.07) is 4.44. The third kappa shape index (κ3) is 13.5. The van der Waals surface area contributed by atoms with E-state index in [9.17, 15) is 0 Å². The molecule has 0 aliphatic carbocycles. The smallest absolute Gasteiger partial charge is 0.196 e. The van der Waals surface area contributed by atoms with Crippen LogP contribution in [0.25, 0.3) is 0 Å². The summed E-state index contributed by atoms with van der Waals surface area (Å²) in [6.07, 6.45) is 6.84. The Labute approximate surface area is 88.5 Å². The molecular formula is C10H16N3P. The average Bonchev–Trinajstić information content (AvgIpc) is 2.22. The van der Waals surface area contributed by atoms with E-state index in [2.05, 4.69) is 16.2 Å². The van der Waals surface area contributed by atoms with Gasteiger partial charge in [0.2, 0.25) is 5.92 Å². The van der Waals surface area contributed by atoms with E-state index in [1.165, 1.54) is 50.1 Å². The van der Waals surface area contributed by atoms with Gasteiger partial charge in [-0.15, -0.1) is 9.24 Å².